The van der Waals surface area contributed by atoms with Crippen LogP contribution in [0.15, 0.2) is 41.4 Å². The molecule has 0 bridgehead atoms. The molecule has 3 N–H and O–H groups in total. The largest absolute Gasteiger partial charge is 0.345 e. The van der Waals surface area contributed by atoms with Crippen molar-refractivity contribution in [2.45, 2.75) is 11.3 Å². The zero-order valence-electron chi connectivity index (χ0n) is 13.5. The van der Waals surface area contributed by atoms with Gasteiger partial charge in [0.05, 0.1) is 6.42 Å². The van der Waals surface area contributed by atoms with Crippen molar-refractivity contribution in [3.05, 3.63) is 53.6 Å². The average molecular weight is 368 g/mol. The topological polar surface area (TPSA) is 109 Å². The van der Waals surface area contributed by atoms with E-state index in [1.807, 2.05) is 0 Å². The predicted octanol–water partition coefficient (Wildman–Crippen LogP) is 0.0760. The van der Waals surface area contributed by atoms with Crippen LogP contribution in [0, 0.1) is 5.82 Å². The van der Waals surface area contributed by atoms with Crippen LogP contribution in [0.2, 0.25) is 0 Å². The van der Waals surface area contributed by atoms with E-state index in [1.54, 1.807) is 0 Å². The molecular weight excluding hydrogens is 351 g/mol. The second kappa shape index (κ2) is 7.45. The van der Waals surface area contributed by atoms with Gasteiger partial charge in [-0.05, 0) is 30.8 Å². The number of halogens is 1. The molecule has 1 aromatic carbocycles. The van der Waals surface area contributed by atoms with Crippen LogP contribution in [0.1, 0.15) is 16.1 Å². The number of amides is 2. The van der Waals surface area contributed by atoms with Gasteiger partial charge in [0.25, 0.3) is 5.91 Å². The molecule has 2 aromatic rings. The number of hydrazine groups is 1. The molecule has 0 saturated carbocycles. The van der Waals surface area contributed by atoms with E-state index in [-0.39, 0.29) is 17.0 Å². The number of carbonyl (C=O) groups is 2. The second-order valence-electron chi connectivity index (χ2n) is 5.19. The van der Waals surface area contributed by atoms with Crippen LogP contribution in [0.4, 0.5) is 4.39 Å². The summed E-state index contributed by atoms with van der Waals surface area (Å²) in [6, 6.07) is 6.57. The first kappa shape index (κ1) is 18.6. The van der Waals surface area contributed by atoms with Gasteiger partial charge >= 0.3 is 0 Å². The Morgan fingerprint density at radius 3 is 2.40 bits per heavy atom. The van der Waals surface area contributed by atoms with Crippen LogP contribution in [-0.2, 0) is 28.3 Å². The molecule has 0 unspecified atom stereocenters. The van der Waals surface area contributed by atoms with Gasteiger partial charge in [-0.25, -0.2) is 17.5 Å². The van der Waals surface area contributed by atoms with Gasteiger partial charge in [0.15, 0.2) is 0 Å². The lowest BCUT2D eigenvalue weighted by atomic mass is 10.1. The lowest BCUT2D eigenvalue weighted by molar-refractivity contribution is -0.121. The molecule has 1 aromatic heterocycles. The van der Waals surface area contributed by atoms with E-state index in [2.05, 4.69) is 15.6 Å². The van der Waals surface area contributed by atoms with E-state index in [0.717, 1.165) is 0 Å². The highest BCUT2D eigenvalue weighted by atomic mass is 32.2. The van der Waals surface area contributed by atoms with Crippen molar-refractivity contribution < 1.29 is 22.4 Å². The number of carbonyl (C=O) groups excluding carboxylic acids is 2. The summed E-state index contributed by atoms with van der Waals surface area (Å²) in [7, 11) is -0.912. The molecule has 2 rings (SSSR count). The Hall–Kier alpha value is -2.72. The van der Waals surface area contributed by atoms with Crippen molar-refractivity contribution in [1.29, 1.82) is 0 Å². The summed E-state index contributed by atoms with van der Waals surface area (Å²) in [5, 5.41) is 0. The van der Waals surface area contributed by atoms with E-state index in [9.17, 15) is 22.4 Å². The molecule has 0 aliphatic rings. The van der Waals surface area contributed by atoms with Crippen LogP contribution in [0.3, 0.4) is 0 Å². The van der Waals surface area contributed by atoms with Crippen LogP contribution in [-0.4, -0.2) is 31.8 Å². The van der Waals surface area contributed by atoms with Crippen molar-refractivity contribution in [2.75, 3.05) is 7.05 Å². The Morgan fingerprint density at radius 1 is 1.16 bits per heavy atom. The van der Waals surface area contributed by atoms with Gasteiger partial charge in [-0.2, -0.15) is 0 Å². The van der Waals surface area contributed by atoms with Crippen molar-refractivity contribution in [3.8, 4) is 0 Å². The van der Waals surface area contributed by atoms with Gasteiger partial charge in [-0.15, -0.1) is 0 Å². The summed E-state index contributed by atoms with van der Waals surface area (Å²) in [5.41, 5.74) is 5.06. The Labute approximate surface area is 144 Å². The fourth-order valence-electron chi connectivity index (χ4n) is 2.05. The Morgan fingerprint density at radius 2 is 1.80 bits per heavy atom. The standard InChI is InChI=1S/C15H17FN4O4S/c1-17-25(23,24)12-8-13(20(2)9-12)15(22)19-18-14(21)7-10-3-5-11(16)6-4-10/h3-6,8-9,17H,7H2,1-2H3,(H,18,21)(H,19,22). The first-order valence-electron chi connectivity index (χ1n) is 7.16. The average Bonchev–Trinajstić information content (AvgIpc) is 2.97. The van der Waals surface area contributed by atoms with Gasteiger partial charge in [0, 0.05) is 13.2 Å². The highest BCUT2D eigenvalue weighted by Gasteiger charge is 2.19. The zero-order chi connectivity index (χ0) is 18.6. The van der Waals surface area contributed by atoms with Crippen LogP contribution < -0.4 is 15.6 Å². The number of aryl methyl sites for hydroxylation is 1. The van der Waals surface area contributed by atoms with Crippen molar-refractivity contribution in [3.63, 3.8) is 0 Å². The van der Waals surface area contributed by atoms with E-state index < -0.39 is 27.7 Å². The first-order valence-corrected chi connectivity index (χ1v) is 8.65. The number of hydrogen-bond acceptors (Lipinski definition) is 4. The summed E-state index contributed by atoms with van der Waals surface area (Å²) in [6.07, 6.45) is 1.23. The second-order valence-corrected chi connectivity index (χ2v) is 7.07. The smallest absolute Gasteiger partial charge is 0.286 e. The molecule has 25 heavy (non-hydrogen) atoms. The molecule has 0 atom stereocenters. The minimum atomic E-state index is -3.68. The highest BCUT2D eigenvalue weighted by molar-refractivity contribution is 7.89. The van der Waals surface area contributed by atoms with Crippen molar-refractivity contribution in [1.82, 2.24) is 20.1 Å². The highest BCUT2D eigenvalue weighted by Crippen LogP contribution is 2.12. The van der Waals surface area contributed by atoms with E-state index >= 15 is 0 Å². The Bertz CT molecular complexity index is 891. The van der Waals surface area contributed by atoms with Crippen molar-refractivity contribution in [2.24, 2.45) is 7.05 Å². The predicted molar refractivity (Wildman–Crippen MR) is 87.4 cm³/mol. The number of sulfonamides is 1. The third kappa shape index (κ3) is 4.64. The molecule has 1 heterocycles. The molecule has 10 heteroatoms. The number of nitrogens with one attached hydrogen (secondary N) is 3. The maximum Gasteiger partial charge on any atom is 0.286 e. The molecule has 0 saturated heterocycles. The Kier molecular flexibility index (Phi) is 5.55. The summed E-state index contributed by atoms with van der Waals surface area (Å²) in [4.78, 5) is 23.8. The van der Waals surface area contributed by atoms with Crippen molar-refractivity contribution >= 4 is 21.8 Å². The van der Waals surface area contributed by atoms with Gasteiger partial charge in [0.2, 0.25) is 15.9 Å². The van der Waals surface area contributed by atoms with E-state index in [0.29, 0.717) is 5.56 Å². The zero-order valence-corrected chi connectivity index (χ0v) is 14.4. The lowest BCUT2D eigenvalue weighted by Gasteiger charge is -2.08. The van der Waals surface area contributed by atoms with Crippen LogP contribution in [0.25, 0.3) is 0 Å². The van der Waals surface area contributed by atoms with Gasteiger partial charge in [-0.3, -0.25) is 20.4 Å². The molecule has 8 nitrogen and oxygen atoms in total. The molecule has 0 aliphatic carbocycles. The number of benzene rings is 1. The maximum absolute atomic E-state index is 12.8. The Balaban J connectivity index is 1.98. The molecule has 0 radical (unpaired) electrons. The number of nitrogens with zero attached hydrogens (tertiary/aromatic N) is 1. The summed E-state index contributed by atoms with van der Waals surface area (Å²) < 4.78 is 39.7. The SMILES string of the molecule is CNS(=O)(=O)c1cc(C(=O)NNC(=O)Cc2ccc(F)cc2)n(C)c1. The van der Waals surface area contributed by atoms with Gasteiger partial charge < -0.3 is 4.57 Å². The fourth-order valence-corrected chi connectivity index (χ4v) is 2.85. The van der Waals surface area contributed by atoms with Gasteiger partial charge in [0.1, 0.15) is 16.4 Å². The normalized spacial score (nSPS) is 11.2. The summed E-state index contributed by atoms with van der Waals surface area (Å²) >= 11 is 0. The number of aromatic nitrogens is 1. The minimum Gasteiger partial charge on any atom is -0.345 e. The third-order valence-electron chi connectivity index (χ3n) is 3.38. The molecule has 134 valence electrons. The minimum absolute atomic E-state index is 0.0485. The maximum atomic E-state index is 12.8. The molecule has 0 fully saturated rings. The first-order chi connectivity index (χ1) is 11.7. The van der Waals surface area contributed by atoms with Crippen LogP contribution >= 0.6 is 0 Å². The lowest BCUT2D eigenvalue weighted by Crippen LogP contribution is -2.42. The van der Waals surface area contributed by atoms with Gasteiger partial charge in [-0.1, -0.05) is 12.1 Å². The quantitative estimate of drug-likeness (QED) is 0.649. The summed E-state index contributed by atoms with van der Waals surface area (Å²) in [5.74, 6) is -1.58. The molecule has 0 spiro atoms. The molecular formula is C15H17FN4O4S. The van der Waals surface area contributed by atoms with E-state index in [4.69, 9.17) is 0 Å². The molecule has 0 aliphatic heterocycles. The van der Waals surface area contributed by atoms with Crippen LogP contribution in [0.5, 0.6) is 0 Å². The third-order valence-corrected chi connectivity index (χ3v) is 4.77. The fraction of sp³-hybridized carbons (Fsp3) is 0.200. The monoisotopic (exact) mass is 368 g/mol. The van der Waals surface area contributed by atoms with E-state index in [1.165, 1.54) is 55.2 Å². The molecule has 2 amide bonds. The number of rotatable bonds is 5. The number of hydrogen-bond donors (Lipinski definition) is 3. The summed E-state index contributed by atoms with van der Waals surface area (Å²) in [6.45, 7) is 0.